The van der Waals surface area contributed by atoms with Crippen LogP contribution >= 0.6 is 0 Å². The van der Waals surface area contributed by atoms with Gasteiger partial charge in [0.05, 0.1) is 12.9 Å². The molecule has 1 aromatic carbocycles. The maximum Gasteiger partial charge on any atom is 0.339 e. The van der Waals surface area contributed by atoms with Crippen LogP contribution in [0.1, 0.15) is 22.3 Å². The summed E-state index contributed by atoms with van der Waals surface area (Å²) in [5, 5.41) is 9.07. The Hall–Kier alpha value is -2.30. The van der Waals surface area contributed by atoms with Crippen molar-refractivity contribution in [1.82, 2.24) is 9.55 Å². The molecule has 0 saturated carbocycles. The van der Waals surface area contributed by atoms with E-state index in [2.05, 4.69) is 4.98 Å². The number of hydrogen-bond donors (Lipinski definition) is 1. The average Bonchev–Trinajstić information content (AvgIpc) is 2.87. The van der Waals surface area contributed by atoms with Crippen LogP contribution in [0, 0.1) is 6.92 Å². The Labute approximate surface area is 111 Å². The lowest BCUT2D eigenvalue weighted by molar-refractivity contribution is 0.0692. The molecule has 2 rings (SSSR count). The van der Waals surface area contributed by atoms with E-state index in [1.165, 1.54) is 0 Å². The van der Waals surface area contributed by atoms with Crippen LogP contribution in [0.3, 0.4) is 0 Å². The average molecular weight is 260 g/mol. The molecular formula is C14H16N2O3. The zero-order valence-electron chi connectivity index (χ0n) is 10.7. The van der Waals surface area contributed by atoms with Gasteiger partial charge in [0, 0.05) is 18.9 Å². The number of aromatic carboxylic acids is 1. The topological polar surface area (TPSA) is 64.3 Å². The zero-order chi connectivity index (χ0) is 13.7. The number of hydrogen-bond acceptors (Lipinski definition) is 3. The molecule has 0 bridgehead atoms. The summed E-state index contributed by atoms with van der Waals surface area (Å²) in [6, 6.07) is 5.09. The Morgan fingerprint density at radius 2 is 2.32 bits per heavy atom. The molecule has 0 aliphatic rings. The van der Waals surface area contributed by atoms with Crippen molar-refractivity contribution in [1.29, 1.82) is 0 Å². The van der Waals surface area contributed by atoms with Gasteiger partial charge in [0.25, 0.3) is 0 Å². The smallest absolute Gasteiger partial charge is 0.339 e. The second-order valence-corrected chi connectivity index (χ2v) is 4.31. The second-order valence-electron chi connectivity index (χ2n) is 4.31. The second kappa shape index (κ2) is 6.04. The summed E-state index contributed by atoms with van der Waals surface area (Å²) in [6.07, 6.45) is 6.15. The van der Waals surface area contributed by atoms with Crippen molar-refractivity contribution in [2.45, 2.75) is 19.9 Å². The molecule has 0 saturated heterocycles. The highest BCUT2D eigenvalue weighted by atomic mass is 16.5. The van der Waals surface area contributed by atoms with E-state index >= 15 is 0 Å². The molecule has 0 radical (unpaired) electrons. The van der Waals surface area contributed by atoms with Crippen molar-refractivity contribution >= 4 is 5.97 Å². The molecule has 1 aromatic heterocycles. The van der Waals surface area contributed by atoms with Gasteiger partial charge in [0.1, 0.15) is 11.3 Å². The van der Waals surface area contributed by atoms with Crippen LogP contribution in [0.2, 0.25) is 0 Å². The van der Waals surface area contributed by atoms with E-state index in [1.54, 1.807) is 30.7 Å². The number of carboxylic acid groups (broad SMARTS) is 1. The molecule has 0 atom stereocenters. The molecule has 1 heterocycles. The van der Waals surface area contributed by atoms with Crippen molar-refractivity contribution in [3.63, 3.8) is 0 Å². The van der Waals surface area contributed by atoms with Gasteiger partial charge >= 0.3 is 5.97 Å². The number of benzene rings is 1. The van der Waals surface area contributed by atoms with E-state index in [0.717, 1.165) is 18.5 Å². The Morgan fingerprint density at radius 1 is 1.47 bits per heavy atom. The zero-order valence-corrected chi connectivity index (χ0v) is 10.7. The van der Waals surface area contributed by atoms with E-state index < -0.39 is 5.97 Å². The van der Waals surface area contributed by atoms with E-state index in [4.69, 9.17) is 9.84 Å². The van der Waals surface area contributed by atoms with Gasteiger partial charge in [0.2, 0.25) is 0 Å². The standard InChI is InChI=1S/C14H16N2O3/c1-11-3-4-12(14(17)18)13(9-11)19-8-2-6-16-7-5-15-10-16/h3-5,7,9-10H,2,6,8H2,1H3,(H,17,18). The van der Waals surface area contributed by atoms with E-state index in [9.17, 15) is 4.79 Å². The third-order valence-corrected chi connectivity index (χ3v) is 2.74. The van der Waals surface area contributed by atoms with Gasteiger partial charge in [-0.1, -0.05) is 6.07 Å². The number of nitrogens with zero attached hydrogens (tertiary/aromatic N) is 2. The first-order valence-corrected chi connectivity index (χ1v) is 6.09. The fourth-order valence-corrected chi connectivity index (χ4v) is 1.77. The summed E-state index contributed by atoms with van der Waals surface area (Å²) in [5.41, 5.74) is 1.18. The Balaban J connectivity index is 1.91. The third kappa shape index (κ3) is 3.58. The highest BCUT2D eigenvalue weighted by molar-refractivity contribution is 5.90. The van der Waals surface area contributed by atoms with Gasteiger partial charge in [-0.05, 0) is 31.0 Å². The molecule has 0 spiro atoms. The van der Waals surface area contributed by atoms with Crippen molar-refractivity contribution in [3.8, 4) is 5.75 Å². The lowest BCUT2D eigenvalue weighted by Gasteiger charge is -2.10. The first-order chi connectivity index (χ1) is 9.16. The molecule has 0 amide bonds. The molecule has 5 nitrogen and oxygen atoms in total. The number of carbonyl (C=O) groups is 1. The summed E-state index contributed by atoms with van der Waals surface area (Å²) in [4.78, 5) is 15.0. The van der Waals surface area contributed by atoms with Crippen molar-refractivity contribution in [2.75, 3.05) is 6.61 Å². The summed E-state index contributed by atoms with van der Waals surface area (Å²) in [5.74, 6) is -0.539. The predicted octanol–water partition coefficient (Wildman–Crippen LogP) is 2.36. The molecule has 5 heteroatoms. The van der Waals surface area contributed by atoms with E-state index in [-0.39, 0.29) is 5.56 Å². The maximum absolute atomic E-state index is 11.1. The van der Waals surface area contributed by atoms with Crippen molar-refractivity contribution in [2.24, 2.45) is 0 Å². The van der Waals surface area contributed by atoms with Crippen LogP contribution in [0.25, 0.3) is 0 Å². The summed E-state index contributed by atoms with van der Waals surface area (Å²) in [6.45, 7) is 3.18. The minimum absolute atomic E-state index is 0.202. The SMILES string of the molecule is Cc1ccc(C(=O)O)c(OCCCn2ccnc2)c1. The minimum Gasteiger partial charge on any atom is -0.493 e. The van der Waals surface area contributed by atoms with Crippen LogP contribution in [0.15, 0.2) is 36.9 Å². The lowest BCUT2D eigenvalue weighted by Crippen LogP contribution is -2.07. The normalized spacial score (nSPS) is 10.4. The van der Waals surface area contributed by atoms with Crippen LogP contribution in [0.4, 0.5) is 0 Å². The first kappa shape index (κ1) is 13.1. The largest absolute Gasteiger partial charge is 0.493 e. The van der Waals surface area contributed by atoms with Crippen LogP contribution < -0.4 is 4.74 Å². The predicted molar refractivity (Wildman–Crippen MR) is 70.5 cm³/mol. The van der Waals surface area contributed by atoms with E-state index in [1.807, 2.05) is 17.7 Å². The molecular weight excluding hydrogens is 244 g/mol. The van der Waals surface area contributed by atoms with Gasteiger partial charge in [-0.2, -0.15) is 0 Å². The number of ether oxygens (including phenoxy) is 1. The Bertz CT molecular complexity index is 550. The number of imidazole rings is 1. The first-order valence-electron chi connectivity index (χ1n) is 6.09. The monoisotopic (exact) mass is 260 g/mol. The third-order valence-electron chi connectivity index (χ3n) is 2.74. The molecule has 0 unspecified atom stereocenters. The number of aromatic nitrogens is 2. The quantitative estimate of drug-likeness (QED) is 0.810. The van der Waals surface area contributed by atoms with Crippen LogP contribution in [-0.4, -0.2) is 27.2 Å². The summed E-state index contributed by atoms with van der Waals surface area (Å²) in [7, 11) is 0. The number of carboxylic acids is 1. The number of rotatable bonds is 6. The highest BCUT2D eigenvalue weighted by Gasteiger charge is 2.10. The van der Waals surface area contributed by atoms with Gasteiger partial charge in [-0.15, -0.1) is 0 Å². The van der Waals surface area contributed by atoms with Crippen LogP contribution in [0.5, 0.6) is 5.75 Å². The number of aryl methyl sites for hydroxylation is 2. The van der Waals surface area contributed by atoms with Crippen LogP contribution in [-0.2, 0) is 6.54 Å². The minimum atomic E-state index is -0.968. The van der Waals surface area contributed by atoms with Crippen molar-refractivity contribution < 1.29 is 14.6 Å². The fourth-order valence-electron chi connectivity index (χ4n) is 1.77. The molecule has 0 aliphatic carbocycles. The van der Waals surface area contributed by atoms with E-state index in [0.29, 0.717) is 12.4 Å². The highest BCUT2D eigenvalue weighted by Crippen LogP contribution is 2.20. The molecule has 100 valence electrons. The summed E-state index contributed by atoms with van der Waals surface area (Å²) < 4.78 is 7.52. The van der Waals surface area contributed by atoms with Gasteiger partial charge in [-0.25, -0.2) is 9.78 Å². The van der Waals surface area contributed by atoms with Crippen molar-refractivity contribution in [3.05, 3.63) is 48.0 Å². The molecule has 1 N–H and O–H groups in total. The lowest BCUT2D eigenvalue weighted by atomic mass is 10.1. The maximum atomic E-state index is 11.1. The van der Waals surface area contributed by atoms with Gasteiger partial charge < -0.3 is 14.4 Å². The Morgan fingerprint density at radius 3 is 3.00 bits per heavy atom. The van der Waals surface area contributed by atoms with Gasteiger partial charge in [-0.3, -0.25) is 0 Å². The Kier molecular flexibility index (Phi) is 4.18. The molecule has 0 aliphatic heterocycles. The fraction of sp³-hybridized carbons (Fsp3) is 0.286. The molecule has 19 heavy (non-hydrogen) atoms. The van der Waals surface area contributed by atoms with Gasteiger partial charge in [0.15, 0.2) is 0 Å². The molecule has 2 aromatic rings. The summed E-state index contributed by atoms with van der Waals surface area (Å²) >= 11 is 0. The molecule has 0 fully saturated rings.